The Kier molecular flexibility index (Phi) is 6.67. The highest BCUT2D eigenvalue weighted by Gasteiger charge is 2.15. The predicted octanol–water partition coefficient (Wildman–Crippen LogP) is 6.28. The van der Waals surface area contributed by atoms with E-state index in [1.54, 1.807) is 0 Å². The second-order valence-corrected chi connectivity index (χ2v) is 7.69. The summed E-state index contributed by atoms with van der Waals surface area (Å²) in [5, 5.41) is 9.56. The van der Waals surface area contributed by atoms with Gasteiger partial charge in [0.2, 0.25) is 0 Å². The van der Waals surface area contributed by atoms with Crippen LogP contribution in [0, 0.1) is 0 Å². The molecule has 4 rings (SSSR count). The Bertz CT molecular complexity index is 1110. The summed E-state index contributed by atoms with van der Waals surface area (Å²) in [5.41, 5.74) is 3.91. The Balaban J connectivity index is 1.68. The molecule has 0 aliphatic heterocycles. The number of aromatic nitrogens is 2. The molecule has 0 saturated heterocycles. The highest BCUT2D eigenvalue weighted by molar-refractivity contribution is 6.30. The lowest BCUT2D eigenvalue weighted by Crippen LogP contribution is -1.99. The molecule has 0 radical (unpaired) electrons. The molecule has 0 fully saturated rings. The lowest BCUT2D eigenvalue weighted by molar-refractivity contribution is 0.273. The molecule has 0 unspecified atom stereocenters. The summed E-state index contributed by atoms with van der Waals surface area (Å²) in [5.74, 6) is 1.68. The quantitative estimate of drug-likeness (QED) is 0.324. The van der Waals surface area contributed by atoms with E-state index in [2.05, 4.69) is 22.8 Å². The van der Waals surface area contributed by atoms with Gasteiger partial charge in [-0.25, -0.2) is 4.98 Å². The van der Waals surface area contributed by atoms with Crippen LogP contribution >= 0.6 is 11.6 Å². The second kappa shape index (κ2) is 9.79. The van der Waals surface area contributed by atoms with Gasteiger partial charge in [-0.2, -0.15) is 0 Å². The van der Waals surface area contributed by atoms with Gasteiger partial charge in [-0.15, -0.1) is 0 Å². The largest absolute Gasteiger partial charge is 0.494 e. The number of para-hydroxylation sites is 1. The van der Waals surface area contributed by atoms with Gasteiger partial charge in [0.25, 0.3) is 0 Å². The van der Waals surface area contributed by atoms with E-state index >= 15 is 0 Å². The number of unbranched alkanes of at least 4 members (excludes halogenated alkanes) is 3. The van der Waals surface area contributed by atoms with Crippen LogP contribution in [0.15, 0.2) is 72.8 Å². The van der Waals surface area contributed by atoms with Gasteiger partial charge in [-0.3, -0.25) is 4.57 Å². The minimum Gasteiger partial charge on any atom is -0.494 e. The minimum absolute atomic E-state index is 0.260. The van der Waals surface area contributed by atoms with E-state index in [4.69, 9.17) is 26.4 Å². The van der Waals surface area contributed by atoms with Crippen LogP contribution in [0.1, 0.15) is 25.7 Å². The van der Waals surface area contributed by atoms with Crippen molar-refractivity contribution in [3.63, 3.8) is 0 Å². The first-order valence-electron chi connectivity index (χ1n) is 10.3. The molecule has 1 heterocycles. The van der Waals surface area contributed by atoms with Crippen LogP contribution in [0.25, 0.3) is 28.1 Å². The first kappa shape index (κ1) is 20.5. The zero-order chi connectivity index (χ0) is 20.8. The van der Waals surface area contributed by atoms with Crippen molar-refractivity contribution in [3.8, 4) is 22.8 Å². The molecule has 0 aliphatic carbocycles. The molecule has 30 heavy (non-hydrogen) atoms. The SMILES string of the molecule is OCCCCCCOc1ccc2nc(-c3cccc(Cl)c3)n(-c3ccccc3)c2c1. The number of hydrogen-bond donors (Lipinski definition) is 1. The third-order valence-electron chi connectivity index (χ3n) is 5.04. The van der Waals surface area contributed by atoms with Gasteiger partial charge in [0.15, 0.2) is 0 Å². The van der Waals surface area contributed by atoms with Crippen molar-refractivity contribution in [1.29, 1.82) is 0 Å². The molecule has 0 spiro atoms. The average molecular weight is 421 g/mol. The van der Waals surface area contributed by atoms with Gasteiger partial charge in [-0.1, -0.05) is 48.4 Å². The first-order chi connectivity index (χ1) is 14.8. The number of fused-ring (bicyclic) bond motifs is 1. The lowest BCUT2D eigenvalue weighted by atomic mass is 10.2. The minimum atomic E-state index is 0.260. The molecule has 4 aromatic rings. The number of imidazole rings is 1. The van der Waals surface area contributed by atoms with E-state index in [-0.39, 0.29) is 6.61 Å². The summed E-state index contributed by atoms with van der Waals surface area (Å²) < 4.78 is 8.14. The van der Waals surface area contributed by atoms with Crippen molar-refractivity contribution in [1.82, 2.24) is 9.55 Å². The van der Waals surface area contributed by atoms with Crippen molar-refractivity contribution >= 4 is 22.6 Å². The fourth-order valence-corrected chi connectivity index (χ4v) is 3.75. The smallest absolute Gasteiger partial charge is 0.145 e. The van der Waals surface area contributed by atoms with Crippen LogP contribution in [-0.2, 0) is 0 Å². The van der Waals surface area contributed by atoms with Gasteiger partial charge in [0.1, 0.15) is 11.6 Å². The monoisotopic (exact) mass is 420 g/mol. The van der Waals surface area contributed by atoms with E-state index in [1.807, 2.05) is 54.6 Å². The Morgan fingerprint density at radius 1 is 0.867 bits per heavy atom. The number of nitrogens with zero attached hydrogens (tertiary/aromatic N) is 2. The normalized spacial score (nSPS) is 11.1. The van der Waals surface area contributed by atoms with Gasteiger partial charge in [-0.05, 0) is 55.7 Å². The van der Waals surface area contributed by atoms with Crippen molar-refractivity contribution in [2.45, 2.75) is 25.7 Å². The fraction of sp³-hybridized carbons (Fsp3) is 0.240. The van der Waals surface area contributed by atoms with Crippen molar-refractivity contribution in [2.24, 2.45) is 0 Å². The summed E-state index contributed by atoms with van der Waals surface area (Å²) in [6, 6.07) is 24.0. The zero-order valence-electron chi connectivity index (χ0n) is 16.8. The molecule has 0 atom stereocenters. The van der Waals surface area contributed by atoms with Gasteiger partial charge < -0.3 is 9.84 Å². The fourth-order valence-electron chi connectivity index (χ4n) is 3.56. The summed E-state index contributed by atoms with van der Waals surface area (Å²) in [6.45, 7) is 0.924. The Hall–Kier alpha value is -2.82. The topological polar surface area (TPSA) is 47.3 Å². The molecule has 5 heteroatoms. The molecule has 3 aromatic carbocycles. The number of benzene rings is 3. The van der Waals surface area contributed by atoms with E-state index in [0.29, 0.717) is 11.6 Å². The molecular formula is C25H25ClN2O2. The van der Waals surface area contributed by atoms with Crippen LogP contribution in [0.2, 0.25) is 5.02 Å². The zero-order valence-corrected chi connectivity index (χ0v) is 17.6. The van der Waals surface area contributed by atoms with Crippen molar-refractivity contribution < 1.29 is 9.84 Å². The van der Waals surface area contributed by atoms with Gasteiger partial charge in [0, 0.05) is 28.9 Å². The first-order valence-corrected chi connectivity index (χ1v) is 10.7. The average Bonchev–Trinajstić information content (AvgIpc) is 3.15. The highest BCUT2D eigenvalue weighted by Crippen LogP contribution is 2.31. The second-order valence-electron chi connectivity index (χ2n) is 7.25. The molecule has 0 aliphatic rings. The summed E-state index contributed by atoms with van der Waals surface area (Å²) in [6.07, 6.45) is 3.92. The molecule has 1 aromatic heterocycles. The maximum absolute atomic E-state index is 8.87. The molecular weight excluding hydrogens is 396 g/mol. The number of aliphatic hydroxyl groups excluding tert-OH is 1. The van der Waals surface area contributed by atoms with Crippen LogP contribution in [-0.4, -0.2) is 27.9 Å². The summed E-state index contributed by atoms with van der Waals surface area (Å²) >= 11 is 6.25. The number of hydrogen-bond acceptors (Lipinski definition) is 3. The van der Waals surface area contributed by atoms with Crippen LogP contribution in [0.4, 0.5) is 0 Å². The number of ether oxygens (including phenoxy) is 1. The highest BCUT2D eigenvalue weighted by atomic mass is 35.5. The molecule has 4 nitrogen and oxygen atoms in total. The number of halogens is 1. The third kappa shape index (κ3) is 4.66. The van der Waals surface area contributed by atoms with E-state index in [0.717, 1.165) is 59.5 Å². The molecule has 0 bridgehead atoms. The van der Waals surface area contributed by atoms with Crippen molar-refractivity contribution in [3.05, 3.63) is 77.8 Å². The predicted molar refractivity (Wildman–Crippen MR) is 123 cm³/mol. The number of rotatable bonds is 9. The Morgan fingerprint density at radius 2 is 1.70 bits per heavy atom. The molecule has 1 N–H and O–H groups in total. The summed E-state index contributed by atoms with van der Waals surface area (Å²) in [7, 11) is 0. The van der Waals surface area contributed by atoms with Crippen molar-refractivity contribution in [2.75, 3.05) is 13.2 Å². The third-order valence-corrected chi connectivity index (χ3v) is 5.28. The molecule has 0 saturated carbocycles. The van der Waals surface area contributed by atoms with Gasteiger partial charge >= 0.3 is 0 Å². The van der Waals surface area contributed by atoms with Gasteiger partial charge in [0.05, 0.1) is 17.6 Å². The van der Waals surface area contributed by atoms with Crippen LogP contribution in [0.3, 0.4) is 0 Å². The Morgan fingerprint density at radius 3 is 2.50 bits per heavy atom. The van der Waals surface area contributed by atoms with Crippen LogP contribution in [0.5, 0.6) is 5.75 Å². The Labute approximate surface area is 181 Å². The summed E-state index contributed by atoms with van der Waals surface area (Å²) in [4.78, 5) is 4.90. The van der Waals surface area contributed by atoms with E-state index in [1.165, 1.54) is 0 Å². The number of aliphatic hydroxyl groups is 1. The maximum atomic E-state index is 8.87. The van der Waals surface area contributed by atoms with E-state index in [9.17, 15) is 0 Å². The maximum Gasteiger partial charge on any atom is 0.145 e. The van der Waals surface area contributed by atoms with Crippen LogP contribution < -0.4 is 4.74 Å². The standard InChI is InChI=1S/C25H25ClN2O2/c26-20-10-8-9-19(17-20)25-27-23-14-13-22(30-16-7-2-1-6-15-29)18-24(23)28(25)21-11-4-3-5-12-21/h3-5,8-14,17-18,29H,1-2,6-7,15-16H2. The molecule has 0 amide bonds. The molecule has 154 valence electrons. The van der Waals surface area contributed by atoms with E-state index < -0.39 is 0 Å². The lowest BCUT2D eigenvalue weighted by Gasteiger charge is -2.11.